The van der Waals surface area contributed by atoms with Crippen LogP contribution >= 0.6 is 0 Å². The molecule has 0 radical (unpaired) electrons. The van der Waals surface area contributed by atoms with Gasteiger partial charge in [0.2, 0.25) is 0 Å². The minimum absolute atomic E-state index is 0.0449. The molecule has 112 valence electrons. The quantitative estimate of drug-likeness (QED) is 0.859. The highest BCUT2D eigenvalue weighted by atomic mass is 19.1. The minimum atomic E-state index is -1.03. The Morgan fingerprint density at radius 3 is 2.62 bits per heavy atom. The van der Waals surface area contributed by atoms with Crippen molar-refractivity contribution in [3.8, 4) is 11.4 Å². The number of tetrazole rings is 1. The lowest BCUT2D eigenvalue weighted by atomic mass is 10.2. The van der Waals surface area contributed by atoms with Gasteiger partial charge in [0.05, 0.1) is 19.1 Å². The number of aromatic nitrogens is 4. The van der Waals surface area contributed by atoms with Crippen LogP contribution in [0.2, 0.25) is 0 Å². The monoisotopic (exact) mass is 298 g/mol. The molecule has 7 nitrogen and oxygen atoms in total. The molecule has 1 unspecified atom stereocenters. The van der Waals surface area contributed by atoms with Crippen LogP contribution in [0.25, 0.3) is 11.4 Å². The van der Waals surface area contributed by atoms with Gasteiger partial charge in [-0.3, -0.25) is 4.79 Å². The number of halogens is 2. The Balaban J connectivity index is 2.27. The molecule has 1 atom stereocenters. The average Bonchev–Trinajstić information content (AvgIpc) is 2.84. The van der Waals surface area contributed by atoms with Crippen molar-refractivity contribution in [3.05, 3.63) is 29.8 Å². The summed E-state index contributed by atoms with van der Waals surface area (Å²) in [5.74, 6) is -2.42. The molecule has 0 aliphatic rings. The van der Waals surface area contributed by atoms with Crippen LogP contribution in [0.15, 0.2) is 18.2 Å². The largest absolute Gasteiger partial charge is 0.481 e. The highest BCUT2D eigenvalue weighted by molar-refractivity contribution is 5.67. The Hall–Kier alpha value is -2.42. The molecule has 0 aliphatic heterocycles. The first-order chi connectivity index (χ1) is 9.99. The van der Waals surface area contributed by atoms with Crippen molar-refractivity contribution in [2.45, 2.75) is 19.1 Å². The number of ether oxygens (including phenoxy) is 1. The Labute approximate surface area is 118 Å². The average molecular weight is 298 g/mol. The molecule has 9 heteroatoms. The summed E-state index contributed by atoms with van der Waals surface area (Å²) in [4.78, 5) is 10.7. The third-order valence-corrected chi connectivity index (χ3v) is 2.76. The van der Waals surface area contributed by atoms with E-state index in [-0.39, 0.29) is 24.4 Å². The molecule has 1 aromatic carbocycles. The zero-order valence-electron chi connectivity index (χ0n) is 11.0. The summed E-state index contributed by atoms with van der Waals surface area (Å²) in [5.41, 5.74) is 0.155. The van der Waals surface area contributed by atoms with Crippen LogP contribution in [-0.2, 0) is 16.1 Å². The number of methoxy groups -OCH3 is 1. The van der Waals surface area contributed by atoms with Gasteiger partial charge in [0.25, 0.3) is 0 Å². The van der Waals surface area contributed by atoms with Gasteiger partial charge in [0.1, 0.15) is 11.6 Å². The molecule has 0 saturated heterocycles. The Morgan fingerprint density at radius 2 is 2.05 bits per heavy atom. The van der Waals surface area contributed by atoms with Crippen molar-refractivity contribution in [2.75, 3.05) is 7.11 Å². The minimum Gasteiger partial charge on any atom is -0.481 e. The topological polar surface area (TPSA) is 90.1 Å². The second kappa shape index (κ2) is 6.35. The maximum absolute atomic E-state index is 13.2. The summed E-state index contributed by atoms with van der Waals surface area (Å²) in [6.07, 6.45) is -0.906. The number of carbonyl (C=O) groups is 1. The van der Waals surface area contributed by atoms with Gasteiger partial charge in [0.15, 0.2) is 5.82 Å². The second-order valence-corrected chi connectivity index (χ2v) is 4.30. The normalized spacial score (nSPS) is 12.3. The molecular weight excluding hydrogens is 286 g/mol. The maximum atomic E-state index is 13.2. The van der Waals surface area contributed by atoms with E-state index in [9.17, 15) is 13.6 Å². The highest BCUT2D eigenvalue weighted by Gasteiger charge is 2.18. The SMILES string of the molecule is COC(CC(=O)O)Cn1nnnc1-c1cc(F)cc(F)c1. The number of carboxylic acids is 1. The lowest BCUT2D eigenvalue weighted by Crippen LogP contribution is -2.23. The zero-order chi connectivity index (χ0) is 15.4. The molecular formula is C12H12F2N4O3. The fourth-order valence-corrected chi connectivity index (χ4v) is 1.83. The van der Waals surface area contributed by atoms with Gasteiger partial charge in [-0.25, -0.2) is 13.5 Å². The highest BCUT2D eigenvalue weighted by Crippen LogP contribution is 2.19. The van der Waals surface area contributed by atoms with E-state index in [1.54, 1.807) is 0 Å². The summed E-state index contributed by atoms with van der Waals surface area (Å²) in [7, 11) is 1.36. The molecule has 0 amide bonds. The predicted octanol–water partition coefficient (Wildman–Crippen LogP) is 1.11. The second-order valence-electron chi connectivity index (χ2n) is 4.30. The van der Waals surface area contributed by atoms with Crippen LogP contribution in [0.5, 0.6) is 0 Å². The predicted molar refractivity (Wildman–Crippen MR) is 66.2 cm³/mol. The lowest BCUT2D eigenvalue weighted by Gasteiger charge is -2.13. The van der Waals surface area contributed by atoms with Crippen molar-refractivity contribution < 1.29 is 23.4 Å². The molecule has 2 rings (SSSR count). The first-order valence-electron chi connectivity index (χ1n) is 5.97. The molecule has 1 aromatic heterocycles. The zero-order valence-corrected chi connectivity index (χ0v) is 11.0. The fourth-order valence-electron chi connectivity index (χ4n) is 1.83. The first kappa shape index (κ1) is 15.0. The van der Waals surface area contributed by atoms with Crippen LogP contribution < -0.4 is 0 Å². The van der Waals surface area contributed by atoms with Crippen molar-refractivity contribution in [1.29, 1.82) is 0 Å². The van der Waals surface area contributed by atoms with Crippen LogP contribution in [0.1, 0.15) is 6.42 Å². The summed E-state index contributed by atoms with van der Waals surface area (Å²) in [5, 5.41) is 19.6. The third-order valence-electron chi connectivity index (χ3n) is 2.76. The molecule has 2 aromatic rings. The van der Waals surface area contributed by atoms with Crippen molar-refractivity contribution in [1.82, 2.24) is 20.2 Å². The van der Waals surface area contributed by atoms with Crippen LogP contribution in [0.3, 0.4) is 0 Å². The van der Waals surface area contributed by atoms with Crippen molar-refractivity contribution in [2.24, 2.45) is 0 Å². The number of rotatable bonds is 6. The van der Waals surface area contributed by atoms with Crippen LogP contribution in [0, 0.1) is 11.6 Å². The van der Waals surface area contributed by atoms with Gasteiger partial charge >= 0.3 is 5.97 Å². The molecule has 0 fully saturated rings. The van der Waals surface area contributed by atoms with Gasteiger partial charge < -0.3 is 9.84 Å². The van der Waals surface area contributed by atoms with Gasteiger partial charge in [-0.1, -0.05) is 0 Å². The molecule has 0 saturated carbocycles. The van der Waals surface area contributed by atoms with Crippen LogP contribution in [0.4, 0.5) is 8.78 Å². The number of carboxylic acid groups (broad SMARTS) is 1. The van der Waals surface area contributed by atoms with E-state index in [2.05, 4.69) is 15.5 Å². The first-order valence-corrected chi connectivity index (χ1v) is 5.97. The van der Waals surface area contributed by atoms with Crippen molar-refractivity contribution >= 4 is 5.97 Å². The molecule has 0 aliphatic carbocycles. The summed E-state index contributed by atoms with van der Waals surface area (Å²) >= 11 is 0. The van der Waals surface area contributed by atoms with E-state index >= 15 is 0 Å². The van der Waals surface area contributed by atoms with E-state index in [1.165, 1.54) is 11.8 Å². The fraction of sp³-hybridized carbons (Fsp3) is 0.333. The van der Waals surface area contributed by atoms with Gasteiger partial charge in [-0.05, 0) is 22.6 Å². The Bertz CT molecular complexity index is 627. The van der Waals surface area contributed by atoms with E-state index in [0.717, 1.165) is 18.2 Å². The summed E-state index contributed by atoms with van der Waals surface area (Å²) < 4.78 is 32.7. The van der Waals surface area contributed by atoms with E-state index in [4.69, 9.17) is 9.84 Å². The van der Waals surface area contributed by atoms with Gasteiger partial charge in [-0.2, -0.15) is 0 Å². The number of nitrogens with zero attached hydrogens (tertiary/aromatic N) is 4. The van der Waals surface area contributed by atoms with Gasteiger partial charge in [-0.15, -0.1) is 5.10 Å². The smallest absolute Gasteiger partial charge is 0.306 e. The Morgan fingerprint density at radius 1 is 1.38 bits per heavy atom. The van der Waals surface area contributed by atoms with Crippen molar-refractivity contribution in [3.63, 3.8) is 0 Å². The number of aliphatic carboxylic acids is 1. The van der Waals surface area contributed by atoms with E-state index in [1.807, 2.05) is 0 Å². The maximum Gasteiger partial charge on any atom is 0.306 e. The third kappa shape index (κ3) is 3.78. The number of hydrogen-bond acceptors (Lipinski definition) is 5. The molecule has 1 N–H and O–H groups in total. The van der Waals surface area contributed by atoms with E-state index in [0.29, 0.717) is 0 Å². The van der Waals surface area contributed by atoms with Gasteiger partial charge in [0, 0.05) is 18.7 Å². The molecule has 0 bridgehead atoms. The molecule has 1 heterocycles. The number of hydrogen-bond donors (Lipinski definition) is 1. The standard InChI is InChI=1S/C12H12F2N4O3/c1-21-10(5-11(19)20)6-18-12(15-16-17-18)7-2-8(13)4-9(14)3-7/h2-4,10H,5-6H2,1H3,(H,19,20). The summed E-state index contributed by atoms with van der Waals surface area (Å²) in [6.45, 7) is 0.0449. The lowest BCUT2D eigenvalue weighted by molar-refractivity contribution is -0.140. The van der Waals surface area contributed by atoms with E-state index < -0.39 is 23.7 Å². The van der Waals surface area contributed by atoms with Crippen LogP contribution in [-0.4, -0.2) is 44.5 Å². The number of benzene rings is 1. The molecule has 0 spiro atoms. The molecule has 21 heavy (non-hydrogen) atoms. The Kier molecular flexibility index (Phi) is 4.53. The summed E-state index contributed by atoms with van der Waals surface area (Å²) in [6, 6.07) is 2.91.